The molecule has 2 heteroatoms. The molecule has 2 aromatic heterocycles. The molecule has 2 heterocycles. The monoisotopic (exact) mass is 560 g/mol. The standard InChI is InChI=1S/C42H28N2/c1-3-14-29(15-4-1)30-16-11-19-32(28-30)44-40-27-10-8-21-34(40)36-23-13-25-38(42(36)44)37-24-12-22-35-33-20-7-9-26-39(33)43(41(35)37)31-17-5-2-6-18-31/h1-28H. The molecule has 7 aromatic carbocycles. The summed E-state index contributed by atoms with van der Waals surface area (Å²) in [6.07, 6.45) is 0. The van der Waals surface area contributed by atoms with Gasteiger partial charge in [-0.15, -0.1) is 0 Å². The summed E-state index contributed by atoms with van der Waals surface area (Å²) in [5, 5.41) is 5.03. The van der Waals surface area contributed by atoms with Gasteiger partial charge in [-0.1, -0.05) is 133 Å². The number of hydrogen-bond acceptors (Lipinski definition) is 0. The van der Waals surface area contributed by atoms with Crippen LogP contribution in [0.3, 0.4) is 0 Å². The van der Waals surface area contributed by atoms with Crippen LogP contribution in [0.15, 0.2) is 170 Å². The molecule has 0 aliphatic heterocycles. The molecule has 206 valence electrons. The summed E-state index contributed by atoms with van der Waals surface area (Å²) in [7, 11) is 0. The van der Waals surface area contributed by atoms with Crippen LogP contribution < -0.4 is 0 Å². The fourth-order valence-electron chi connectivity index (χ4n) is 7.04. The fraction of sp³-hybridized carbons (Fsp3) is 0. The zero-order chi connectivity index (χ0) is 29.0. The molecule has 0 bridgehead atoms. The van der Waals surface area contributed by atoms with Crippen molar-refractivity contribution in [2.45, 2.75) is 0 Å². The second-order valence-corrected chi connectivity index (χ2v) is 11.4. The van der Waals surface area contributed by atoms with E-state index in [1.165, 1.54) is 65.9 Å². The van der Waals surface area contributed by atoms with E-state index in [1.807, 2.05) is 0 Å². The highest BCUT2D eigenvalue weighted by molar-refractivity contribution is 6.19. The highest BCUT2D eigenvalue weighted by Gasteiger charge is 2.21. The predicted molar refractivity (Wildman–Crippen MR) is 186 cm³/mol. The lowest BCUT2D eigenvalue weighted by Gasteiger charge is -2.15. The average Bonchev–Trinajstić information content (AvgIpc) is 3.63. The van der Waals surface area contributed by atoms with Crippen molar-refractivity contribution in [1.29, 1.82) is 0 Å². The third-order valence-corrected chi connectivity index (χ3v) is 8.91. The van der Waals surface area contributed by atoms with Crippen LogP contribution in [0.5, 0.6) is 0 Å². The summed E-state index contributed by atoms with van der Waals surface area (Å²) in [4.78, 5) is 0. The number of nitrogens with zero attached hydrogens (tertiary/aromatic N) is 2. The van der Waals surface area contributed by atoms with Crippen molar-refractivity contribution in [1.82, 2.24) is 9.13 Å². The minimum Gasteiger partial charge on any atom is -0.309 e. The molecule has 0 N–H and O–H groups in total. The van der Waals surface area contributed by atoms with Crippen LogP contribution in [-0.4, -0.2) is 9.13 Å². The Morgan fingerprint density at radius 2 is 0.727 bits per heavy atom. The van der Waals surface area contributed by atoms with Crippen LogP contribution in [0.1, 0.15) is 0 Å². The van der Waals surface area contributed by atoms with Crippen molar-refractivity contribution in [2.75, 3.05) is 0 Å². The van der Waals surface area contributed by atoms with E-state index in [0.717, 1.165) is 11.4 Å². The van der Waals surface area contributed by atoms with Crippen molar-refractivity contribution < 1.29 is 0 Å². The quantitative estimate of drug-likeness (QED) is 0.203. The van der Waals surface area contributed by atoms with E-state index < -0.39 is 0 Å². The lowest BCUT2D eigenvalue weighted by Crippen LogP contribution is -1.98. The molecule has 0 aliphatic rings. The Morgan fingerprint density at radius 1 is 0.295 bits per heavy atom. The van der Waals surface area contributed by atoms with E-state index in [0.29, 0.717) is 0 Å². The molecule has 0 atom stereocenters. The molecule has 0 radical (unpaired) electrons. The van der Waals surface area contributed by atoms with Gasteiger partial charge in [-0.05, 0) is 47.5 Å². The summed E-state index contributed by atoms with van der Waals surface area (Å²) in [5.41, 5.74) is 12.0. The molecule has 44 heavy (non-hydrogen) atoms. The van der Waals surface area contributed by atoms with Gasteiger partial charge in [0.2, 0.25) is 0 Å². The molecule has 2 nitrogen and oxygen atoms in total. The van der Waals surface area contributed by atoms with Gasteiger partial charge < -0.3 is 9.13 Å². The number of rotatable bonds is 4. The van der Waals surface area contributed by atoms with Gasteiger partial charge in [0.1, 0.15) is 0 Å². The Balaban J connectivity index is 1.41. The van der Waals surface area contributed by atoms with E-state index in [9.17, 15) is 0 Å². The minimum absolute atomic E-state index is 1.15. The van der Waals surface area contributed by atoms with Gasteiger partial charge in [0.25, 0.3) is 0 Å². The maximum absolute atomic E-state index is 2.46. The lowest BCUT2D eigenvalue weighted by molar-refractivity contribution is 1.17. The first-order valence-corrected chi connectivity index (χ1v) is 15.1. The summed E-state index contributed by atoms with van der Waals surface area (Å²) >= 11 is 0. The number of aromatic nitrogens is 2. The molecule has 0 aliphatic carbocycles. The minimum atomic E-state index is 1.15. The molecule has 9 rings (SSSR count). The van der Waals surface area contributed by atoms with Crippen molar-refractivity contribution in [3.63, 3.8) is 0 Å². The first-order valence-electron chi connectivity index (χ1n) is 15.1. The molecule has 0 fully saturated rings. The zero-order valence-corrected chi connectivity index (χ0v) is 24.1. The topological polar surface area (TPSA) is 9.86 Å². The second-order valence-electron chi connectivity index (χ2n) is 11.4. The van der Waals surface area contributed by atoms with E-state index in [1.54, 1.807) is 0 Å². The molecule has 0 amide bonds. The van der Waals surface area contributed by atoms with Crippen LogP contribution in [0.4, 0.5) is 0 Å². The number of hydrogen-bond donors (Lipinski definition) is 0. The number of fused-ring (bicyclic) bond motifs is 6. The Bertz CT molecular complexity index is 2480. The van der Waals surface area contributed by atoms with Crippen molar-refractivity contribution in [3.05, 3.63) is 170 Å². The first kappa shape index (κ1) is 24.7. The van der Waals surface area contributed by atoms with Crippen molar-refractivity contribution in [3.8, 4) is 33.6 Å². The SMILES string of the molecule is c1ccc(-c2cccc(-n3c4ccccc4c4cccc(-c5cccc6c7ccccc7n(-c7ccccc7)c56)c43)c2)cc1. The normalized spacial score (nSPS) is 11.6. The predicted octanol–water partition coefficient (Wildman–Crippen LogP) is 11.2. The Morgan fingerprint density at radius 3 is 1.34 bits per heavy atom. The van der Waals surface area contributed by atoms with Gasteiger partial charge in [-0.3, -0.25) is 0 Å². The van der Waals surface area contributed by atoms with Gasteiger partial charge >= 0.3 is 0 Å². The molecule has 0 saturated carbocycles. The Labute approximate surface area is 255 Å². The van der Waals surface area contributed by atoms with Gasteiger partial charge in [0, 0.05) is 44.0 Å². The van der Waals surface area contributed by atoms with Gasteiger partial charge in [-0.2, -0.15) is 0 Å². The maximum atomic E-state index is 2.46. The Hall–Kier alpha value is -5.86. The van der Waals surface area contributed by atoms with E-state index in [4.69, 9.17) is 0 Å². The maximum Gasteiger partial charge on any atom is 0.0620 e. The van der Waals surface area contributed by atoms with Gasteiger partial charge in [0.05, 0.1) is 22.1 Å². The Kier molecular flexibility index (Phi) is 5.54. The van der Waals surface area contributed by atoms with E-state index in [-0.39, 0.29) is 0 Å². The lowest BCUT2D eigenvalue weighted by atomic mass is 9.99. The van der Waals surface area contributed by atoms with Crippen molar-refractivity contribution in [2.24, 2.45) is 0 Å². The highest BCUT2D eigenvalue weighted by Crippen LogP contribution is 2.43. The van der Waals surface area contributed by atoms with Crippen molar-refractivity contribution >= 4 is 43.6 Å². The zero-order valence-electron chi connectivity index (χ0n) is 24.1. The number of para-hydroxylation sites is 5. The fourth-order valence-corrected chi connectivity index (χ4v) is 7.04. The van der Waals surface area contributed by atoms with E-state index >= 15 is 0 Å². The molecular formula is C42H28N2. The van der Waals surface area contributed by atoms with Gasteiger partial charge in [0.15, 0.2) is 0 Å². The smallest absolute Gasteiger partial charge is 0.0620 e. The largest absolute Gasteiger partial charge is 0.309 e. The highest BCUT2D eigenvalue weighted by atomic mass is 15.0. The van der Waals surface area contributed by atoms with Crippen LogP contribution in [0.2, 0.25) is 0 Å². The molecule has 0 unspecified atom stereocenters. The third kappa shape index (κ3) is 3.68. The summed E-state index contributed by atoms with van der Waals surface area (Å²) in [6.45, 7) is 0. The van der Waals surface area contributed by atoms with Crippen LogP contribution in [-0.2, 0) is 0 Å². The molecule has 0 spiro atoms. The second kappa shape index (κ2) is 9.86. The molecular weight excluding hydrogens is 532 g/mol. The summed E-state index contributed by atoms with van der Waals surface area (Å²) < 4.78 is 4.89. The summed E-state index contributed by atoms with van der Waals surface area (Å²) in [5.74, 6) is 0. The van der Waals surface area contributed by atoms with E-state index in [2.05, 4.69) is 179 Å². The third-order valence-electron chi connectivity index (χ3n) is 8.91. The van der Waals surface area contributed by atoms with Gasteiger partial charge in [-0.25, -0.2) is 0 Å². The average molecular weight is 561 g/mol. The van der Waals surface area contributed by atoms with Crippen LogP contribution in [0, 0.1) is 0 Å². The first-order chi connectivity index (χ1) is 21.9. The van der Waals surface area contributed by atoms with Crippen LogP contribution >= 0.6 is 0 Å². The molecule has 0 saturated heterocycles. The van der Waals surface area contributed by atoms with Crippen LogP contribution in [0.25, 0.3) is 77.2 Å². The number of benzene rings is 7. The summed E-state index contributed by atoms with van der Waals surface area (Å²) in [6, 6.07) is 61.4. The molecule has 9 aromatic rings.